The lowest BCUT2D eigenvalue weighted by molar-refractivity contribution is -0.139. The number of ether oxygens (including phenoxy) is 1. The van der Waals surface area contributed by atoms with Gasteiger partial charge in [0.2, 0.25) is 0 Å². The van der Waals surface area contributed by atoms with Crippen LogP contribution in [0.5, 0.6) is 0 Å². The lowest BCUT2D eigenvalue weighted by Crippen LogP contribution is -2.09. The standard InChI is InChI=1S/C18H21NO2/c1-13-8-14(2)10-17(9-13)19-12-16-7-5-4-6-15(16)11-18(20)21-3/h4-10,19H,11-12H2,1-3H3. The zero-order valence-electron chi connectivity index (χ0n) is 12.8. The molecule has 0 aliphatic carbocycles. The van der Waals surface area contributed by atoms with E-state index in [1.54, 1.807) is 0 Å². The van der Waals surface area contributed by atoms with Gasteiger partial charge in [0, 0.05) is 12.2 Å². The molecule has 1 N–H and O–H groups in total. The molecule has 0 radical (unpaired) electrons. The summed E-state index contributed by atoms with van der Waals surface area (Å²) in [5.74, 6) is -0.214. The van der Waals surface area contributed by atoms with Gasteiger partial charge in [-0.3, -0.25) is 4.79 Å². The fraction of sp³-hybridized carbons (Fsp3) is 0.278. The van der Waals surface area contributed by atoms with Crippen molar-refractivity contribution in [2.75, 3.05) is 12.4 Å². The van der Waals surface area contributed by atoms with E-state index in [2.05, 4.69) is 37.4 Å². The maximum Gasteiger partial charge on any atom is 0.309 e. The summed E-state index contributed by atoms with van der Waals surface area (Å²) in [7, 11) is 1.42. The molecule has 110 valence electrons. The monoisotopic (exact) mass is 283 g/mol. The number of anilines is 1. The van der Waals surface area contributed by atoms with Crippen molar-refractivity contribution in [2.24, 2.45) is 0 Å². The van der Waals surface area contributed by atoms with Gasteiger partial charge in [-0.05, 0) is 48.2 Å². The minimum Gasteiger partial charge on any atom is -0.469 e. The molecule has 2 aromatic rings. The average molecular weight is 283 g/mol. The second-order valence-corrected chi connectivity index (χ2v) is 5.25. The summed E-state index contributed by atoms with van der Waals surface area (Å²) >= 11 is 0. The molecule has 3 heteroatoms. The first kappa shape index (κ1) is 15.1. The number of esters is 1. The number of methoxy groups -OCH3 is 1. The van der Waals surface area contributed by atoms with E-state index in [0.29, 0.717) is 13.0 Å². The zero-order valence-corrected chi connectivity index (χ0v) is 12.8. The van der Waals surface area contributed by atoms with E-state index in [9.17, 15) is 4.79 Å². The lowest BCUT2D eigenvalue weighted by atomic mass is 10.0. The molecule has 0 aromatic heterocycles. The van der Waals surface area contributed by atoms with Crippen molar-refractivity contribution in [1.29, 1.82) is 0 Å². The molecule has 0 unspecified atom stereocenters. The van der Waals surface area contributed by atoms with Crippen LogP contribution >= 0.6 is 0 Å². The number of hydrogen-bond donors (Lipinski definition) is 1. The van der Waals surface area contributed by atoms with Gasteiger partial charge in [0.05, 0.1) is 13.5 Å². The third kappa shape index (κ3) is 4.35. The Morgan fingerprint density at radius 1 is 1.05 bits per heavy atom. The minimum atomic E-state index is -0.214. The van der Waals surface area contributed by atoms with Crippen LogP contribution in [0.4, 0.5) is 5.69 Å². The summed E-state index contributed by atoms with van der Waals surface area (Å²) in [5, 5.41) is 3.42. The predicted octanol–water partition coefficient (Wildman–Crippen LogP) is 3.63. The fourth-order valence-corrected chi connectivity index (χ4v) is 2.40. The first-order valence-electron chi connectivity index (χ1n) is 7.04. The molecule has 3 nitrogen and oxygen atoms in total. The molecule has 0 saturated heterocycles. The summed E-state index contributed by atoms with van der Waals surface area (Å²) in [6, 6.07) is 14.3. The summed E-state index contributed by atoms with van der Waals surface area (Å²) in [4.78, 5) is 11.5. The quantitative estimate of drug-likeness (QED) is 0.852. The van der Waals surface area contributed by atoms with Crippen molar-refractivity contribution in [3.05, 3.63) is 64.7 Å². The Bertz CT molecular complexity index is 615. The van der Waals surface area contributed by atoms with Gasteiger partial charge in [-0.1, -0.05) is 30.3 Å². The van der Waals surface area contributed by atoms with Crippen LogP contribution in [0.25, 0.3) is 0 Å². The first-order valence-corrected chi connectivity index (χ1v) is 7.04. The van der Waals surface area contributed by atoms with Crippen molar-refractivity contribution in [3.63, 3.8) is 0 Å². The van der Waals surface area contributed by atoms with E-state index >= 15 is 0 Å². The van der Waals surface area contributed by atoms with Crippen LogP contribution in [0.3, 0.4) is 0 Å². The van der Waals surface area contributed by atoms with Crippen molar-refractivity contribution in [3.8, 4) is 0 Å². The molecule has 2 aromatic carbocycles. The van der Waals surface area contributed by atoms with Crippen LogP contribution in [0.2, 0.25) is 0 Å². The molecule has 21 heavy (non-hydrogen) atoms. The van der Waals surface area contributed by atoms with Crippen LogP contribution in [-0.4, -0.2) is 13.1 Å². The summed E-state index contributed by atoms with van der Waals surface area (Å²) < 4.78 is 4.74. The molecule has 0 spiro atoms. The van der Waals surface area contributed by atoms with Crippen LogP contribution in [0, 0.1) is 13.8 Å². The molecular formula is C18H21NO2. The highest BCUT2D eigenvalue weighted by Gasteiger charge is 2.07. The number of hydrogen-bond acceptors (Lipinski definition) is 3. The van der Waals surface area contributed by atoms with E-state index in [0.717, 1.165) is 16.8 Å². The molecular weight excluding hydrogens is 262 g/mol. The SMILES string of the molecule is COC(=O)Cc1ccccc1CNc1cc(C)cc(C)c1. The van der Waals surface area contributed by atoms with E-state index in [4.69, 9.17) is 4.74 Å². The van der Waals surface area contributed by atoms with Crippen molar-refractivity contribution >= 4 is 11.7 Å². The Morgan fingerprint density at radius 2 is 1.67 bits per heavy atom. The van der Waals surface area contributed by atoms with E-state index < -0.39 is 0 Å². The zero-order chi connectivity index (χ0) is 15.2. The molecule has 0 saturated carbocycles. The highest BCUT2D eigenvalue weighted by Crippen LogP contribution is 2.17. The largest absolute Gasteiger partial charge is 0.469 e. The molecule has 0 fully saturated rings. The molecule has 0 aliphatic heterocycles. The second-order valence-electron chi connectivity index (χ2n) is 5.25. The number of carbonyl (C=O) groups is 1. The Balaban J connectivity index is 2.10. The van der Waals surface area contributed by atoms with Gasteiger partial charge in [-0.25, -0.2) is 0 Å². The number of rotatable bonds is 5. The predicted molar refractivity (Wildman–Crippen MR) is 85.4 cm³/mol. The lowest BCUT2D eigenvalue weighted by Gasteiger charge is -2.12. The van der Waals surface area contributed by atoms with E-state index in [-0.39, 0.29) is 5.97 Å². The van der Waals surface area contributed by atoms with Crippen LogP contribution in [-0.2, 0) is 22.5 Å². The highest BCUT2D eigenvalue weighted by atomic mass is 16.5. The van der Waals surface area contributed by atoms with Crippen molar-refractivity contribution < 1.29 is 9.53 Å². The van der Waals surface area contributed by atoms with Crippen molar-refractivity contribution in [1.82, 2.24) is 0 Å². The average Bonchev–Trinajstić information content (AvgIpc) is 2.45. The molecule has 0 heterocycles. The molecule has 0 amide bonds. The van der Waals surface area contributed by atoms with E-state index in [1.807, 2.05) is 24.3 Å². The Morgan fingerprint density at radius 3 is 2.29 bits per heavy atom. The van der Waals surface area contributed by atoms with Gasteiger partial charge in [-0.15, -0.1) is 0 Å². The molecule has 0 atom stereocenters. The topological polar surface area (TPSA) is 38.3 Å². The highest BCUT2D eigenvalue weighted by molar-refractivity contribution is 5.73. The van der Waals surface area contributed by atoms with Gasteiger partial charge in [0.25, 0.3) is 0 Å². The fourth-order valence-electron chi connectivity index (χ4n) is 2.40. The van der Waals surface area contributed by atoms with Gasteiger partial charge in [0.15, 0.2) is 0 Å². The third-order valence-electron chi connectivity index (χ3n) is 3.39. The van der Waals surface area contributed by atoms with Gasteiger partial charge in [-0.2, -0.15) is 0 Å². The Kier molecular flexibility index (Phi) is 4.99. The van der Waals surface area contributed by atoms with E-state index in [1.165, 1.54) is 18.2 Å². The van der Waals surface area contributed by atoms with Gasteiger partial charge >= 0.3 is 5.97 Å². The number of aryl methyl sites for hydroxylation is 2. The Hall–Kier alpha value is -2.29. The smallest absolute Gasteiger partial charge is 0.309 e. The maximum absolute atomic E-state index is 11.5. The van der Waals surface area contributed by atoms with Gasteiger partial charge in [0.1, 0.15) is 0 Å². The first-order chi connectivity index (χ1) is 10.1. The molecule has 2 rings (SSSR count). The maximum atomic E-state index is 11.5. The number of nitrogens with one attached hydrogen (secondary N) is 1. The number of carbonyl (C=O) groups excluding carboxylic acids is 1. The summed E-state index contributed by atoms with van der Waals surface area (Å²) in [5.41, 5.74) is 5.68. The minimum absolute atomic E-state index is 0.214. The molecule has 0 bridgehead atoms. The summed E-state index contributed by atoms with van der Waals surface area (Å²) in [6.07, 6.45) is 0.307. The normalized spacial score (nSPS) is 10.2. The Labute approximate surface area is 126 Å². The van der Waals surface area contributed by atoms with Crippen LogP contribution < -0.4 is 5.32 Å². The van der Waals surface area contributed by atoms with Gasteiger partial charge < -0.3 is 10.1 Å². The second kappa shape index (κ2) is 6.93. The third-order valence-corrected chi connectivity index (χ3v) is 3.39. The van der Waals surface area contributed by atoms with Crippen molar-refractivity contribution in [2.45, 2.75) is 26.8 Å². The van der Waals surface area contributed by atoms with Crippen LogP contribution in [0.15, 0.2) is 42.5 Å². The number of benzene rings is 2. The molecule has 0 aliphatic rings. The van der Waals surface area contributed by atoms with Crippen LogP contribution in [0.1, 0.15) is 22.3 Å². The summed E-state index contributed by atoms with van der Waals surface area (Å²) in [6.45, 7) is 4.86.